The molecule has 0 aliphatic heterocycles. The van der Waals surface area contributed by atoms with Crippen LogP contribution in [0.25, 0.3) is 0 Å². The summed E-state index contributed by atoms with van der Waals surface area (Å²) in [4.78, 5) is 9.34. The second-order valence-electron chi connectivity index (χ2n) is 8.73. The molecule has 0 saturated carbocycles. The van der Waals surface area contributed by atoms with E-state index in [9.17, 15) is 0 Å². The van der Waals surface area contributed by atoms with Crippen molar-refractivity contribution >= 4 is 0 Å². The minimum atomic E-state index is 0.249. The molecule has 30 heavy (non-hydrogen) atoms. The quantitative estimate of drug-likeness (QED) is 0.350. The summed E-state index contributed by atoms with van der Waals surface area (Å²) >= 11 is 0. The first kappa shape index (κ1) is 24.2. The van der Waals surface area contributed by atoms with Gasteiger partial charge in [0.2, 0.25) is 11.8 Å². The third-order valence-electron chi connectivity index (χ3n) is 5.74. The van der Waals surface area contributed by atoms with Gasteiger partial charge >= 0.3 is 0 Å². The van der Waals surface area contributed by atoms with E-state index in [4.69, 9.17) is 14.5 Å². The molecule has 0 radical (unpaired) electrons. The maximum absolute atomic E-state index is 6.01. The smallest absolute Gasteiger partial charge is 0.213 e. The van der Waals surface area contributed by atoms with Crippen molar-refractivity contribution in [1.29, 1.82) is 0 Å². The average Bonchev–Trinajstić information content (AvgIpc) is 2.76. The number of ether oxygens (including phenoxy) is 2. The van der Waals surface area contributed by atoms with E-state index in [0.29, 0.717) is 24.4 Å². The number of hydrogen-bond acceptors (Lipinski definition) is 4. The zero-order valence-electron chi connectivity index (χ0n) is 19.7. The standard InChI is InChI=1S/C26H40N2O2/c1-7-22(8-2)30-26-14-10-12-24(28-26)21(6)16-15-20(5)17-18-29-25-13-9-11-23(27-25)19(3)4/h9-14,19-22H,7-8,15-18H2,1-6H3. The number of aromatic nitrogens is 2. The largest absolute Gasteiger partial charge is 0.478 e. The second kappa shape index (κ2) is 12.6. The van der Waals surface area contributed by atoms with Crippen LogP contribution in [0.5, 0.6) is 11.8 Å². The highest BCUT2D eigenvalue weighted by Crippen LogP contribution is 2.25. The van der Waals surface area contributed by atoms with E-state index in [1.54, 1.807) is 0 Å². The van der Waals surface area contributed by atoms with Crippen molar-refractivity contribution in [2.24, 2.45) is 5.92 Å². The van der Waals surface area contributed by atoms with Crippen molar-refractivity contribution in [2.75, 3.05) is 6.61 Å². The lowest BCUT2D eigenvalue weighted by Gasteiger charge is -2.18. The number of nitrogens with zero attached hydrogens (tertiary/aromatic N) is 2. The van der Waals surface area contributed by atoms with Gasteiger partial charge in [0.15, 0.2) is 0 Å². The Labute approximate surface area is 183 Å². The number of rotatable bonds is 13. The Balaban J connectivity index is 1.76. The summed E-state index contributed by atoms with van der Waals surface area (Å²) < 4.78 is 11.9. The molecule has 0 aliphatic carbocycles. The molecule has 2 heterocycles. The van der Waals surface area contributed by atoms with E-state index >= 15 is 0 Å². The molecule has 4 heteroatoms. The molecule has 2 atom stereocenters. The van der Waals surface area contributed by atoms with Crippen LogP contribution in [0.4, 0.5) is 0 Å². The van der Waals surface area contributed by atoms with Gasteiger partial charge in [0, 0.05) is 23.5 Å². The molecule has 2 unspecified atom stereocenters. The maximum Gasteiger partial charge on any atom is 0.213 e. The zero-order valence-corrected chi connectivity index (χ0v) is 19.7. The Morgan fingerprint density at radius 1 is 0.767 bits per heavy atom. The van der Waals surface area contributed by atoms with Crippen LogP contribution in [0.15, 0.2) is 36.4 Å². The number of pyridine rings is 2. The van der Waals surface area contributed by atoms with E-state index in [-0.39, 0.29) is 6.10 Å². The Morgan fingerprint density at radius 3 is 2.07 bits per heavy atom. The molecule has 0 fully saturated rings. The van der Waals surface area contributed by atoms with Gasteiger partial charge in [0.1, 0.15) is 0 Å². The molecule has 2 rings (SSSR count). The lowest BCUT2D eigenvalue weighted by atomic mass is 9.94. The first-order valence-electron chi connectivity index (χ1n) is 11.7. The van der Waals surface area contributed by atoms with Gasteiger partial charge in [-0.05, 0) is 62.0 Å². The maximum atomic E-state index is 6.01. The zero-order chi connectivity index (χ0) is 21.9. The van der Waals surface area contributed by atoms with Crippen LogP contribution in [0.2, 0.25) is 0 Å². The van der Waals surface area contributed by atoms with Gasteiger partial charge in [-0.1, -0.05) is 53.7 Å². The van der Waals surface area contributed by atoms with Gasteiger partial charge in [-0.2, -0.15) is 0 Å². The lowest BCUT2D eigenvalue weighted by molar-refractivity contribution is 0.184. The third kappa shape index (κ3) is 7.97. The van der Waals surface area contributed by atoms with E-state index in [1.807, 2.05) is 18.2 Å². The van der Waals surface area contributed by atoms with Crippen molar-refractivity contribution in [1.82, 2.24) is 9.97 Å². The molecule has 0 bridgehead atoms. The lowest BCUT2D eigenvalue weighted by Crippen LogP contribution is -2.15. The highest BCUT2D eigenvalue weighted by Gasteiger charge is 2.13. The summed E-state index contributed by atoms with van der Waals surface area (Å²) in [7, 11) is 0. The van der Waals surface area contributed by atoms with Gasteiger partial charge in [-0.3, -0.25) is 0 Å². The van der Waals surface area contributed by atoms with Crippen LogP contribution < -0.4 is 9.47 Å². The molecule has 0 aliphatic rings. The van der Waals surface area contributed by atoms with Crippen LogP contribution in [-0.4, -0.2) is 22.7 Å². The van der Waals surface area contributed by atoms with E-state index < -0.39 is 0 Å². The van der Waals surface area contributed by atoms with E-state index in [2.05, 4.69) is 64.7 Å². The average molecular weight is 413 g/mol. The predicted molar refractivity (Wildman–Crippen MR) is 124 cm³/mol. The minimum Gasteiger partial charge on any atom is -0.478 e. The number of hydrogen-bond donors (Lipinski definition) is 0. The van der Waals surface area contributed by atoms with Gasteiger partial charge in [-0.25, -0.2) is 9.97 Å². The first-order chi connectivity index (χ1) is 14.4. The van der Waals surface area contributed by atoms with Gasteiger partial charge in [0.05, 0.1) is 12.7 Å². The normalized spacial score (nSPS) is 13.5. The van der Waals surface area contributed by atoms with Crippen LogP contribution >= 0.6 is 0 Å². The Kier molecular flexibility index (Phi) is 10.1. The molecule has 0 N–H and O–H groups in total. The van der Waals surface area contributed by atoms with Crippen molar-refractivity contribution in [3.8, 4) is 11.8 Å². The Morgan fingerprint density at radius 2 is 1.40 bits per heavy atom. The fraction of sp³-hybridized carbons (Fsp3) is 0.615. The highest BCUT2D eigenvalue weighted by atomic mass is 16.5. The van der Waals surface area contributed by atoms with Crippen LogP contribution in [-0.2, 0) is 0 Å². The fourth-order valence-corrected chi connectivity index (χ4v) is 3.42. The van der Waals surface area contributed by atoms with E-state index in [0.717, 1.165) is 55.3 Å². The third-order valence-corrected chi connectivity index (χ3v) is 5.74. The van der Waals surface area contributed by atoms with Crippen molar-refractivity contribution in [3.05, 3.63) is 47.8 Å². The molecule has 4 nitrogen and oxygen atoms in total. The molecular formula is C26H40N2O2. The summed E-state index contributed by atoms with van der Waals surface area (Å²) in [6, 6.07) is 12.2. The van der Waals surface area contributed by atoms with Crippen LogP contribution in [0.1, 0.15) is 96.9 Å². The minimum absolute atomic E-state index is 0.249. The van der Waals surface area contributed by atoms with Crippen LogP contribution in [0.3, 0.4) is 0 Å². The summed E-state index contributed by atoms with van der Waals surface area (Å²) in [6.07, 6.45) is 5.57. The summed E-state index contributed by atoms with van der Waals surface area (Å²) in [6.45, 7) is 13.9. The molecular weight excluding hydrogens is 372 g/mol. The van der Waals surface area contributed by atoms with E-state index in [1.165, 1.54) is 0 Å². The first-order valence-corrected chi connectivity index (χ1v) is 11.7. The van der Waals surface area contributed by atoms with Crippen molar-refractivity contribution < 1.29 is 9.47 Å². The molecule has 0 saturated heterocycles. The molecule has 2 aromatic heterocycles. The SMILES string of the molecule is CCC(CC)Oc1cccc(C(C)CCC(C)CCOc2cccc(C(C)C)n2)n1. The molecule has 166 valence electrons. The van der Waals surface area contributed by atoms with Crippen molar-refractivity contribution in [2.45, 2.75) is 91.6 Å². The highest BCUT2D eigenvalue weighted by molar-refractivity contribution is 5.19. The summed E-state index contributed by atoms with van der Waals surface area (Å²) in [5, 5.41) is 0. The predicted octanol–water partition coefficient (Wildman–Crippen LogP) is 7.16. The van der Waals surface area contributed by atoms with Crippen LogP contribution in [0, 0.1) is 5.92 Å². The molecule has 0 aromatic carbocycles. The van der Waals surface area contributed by atoms with Gasteiger partial charge < -0.3 is 9.47 Å². The fourth-order valence-electron chi connectivity index (χ4n) is 3.42. The summed E-state index contributed by atoms with van der Waals surface area (Å²) in [5.41, 5.74) is 2.20. The topological polar surface area (TPSA) is 44.2 Å². The van der Waals surface area contributed by atoms with Gasteiger partial charge in [0.25, 0.3) is 0 Å². The Hall–Kier alpha value is -2.10. The van der Waals surface area contributed by atoms with Crippen molar-refractivity contribution in [3.63, 3.8) is 0 Å². The summed E-state index contributed by atoms with van der Waals surface area (Å²) in [5.74, 6) is 2.93. The molecule has 0 amide bonds. The monoisotopic (exact) mass is 412 g/mol. The van der Waals surface area contributed by atoms with Gasteiger partial charge in [-0.15, -0.1) is 0 Å². The Bertz CT molecular complexity index is 743. The molecule has 0 spiro atoms. The second-order valence-corrected chi connectivity index (χ2v) is 8.73. The molecule has 2 aromatic rings.